The minimum absolute atomic E-state index is 0.122. The van der Waals surface area contributed by atoms with Gasteiger partial charge in [-0.05, 0) is 26.8 Å². The molecule has 10 heavy (non-hydrogen) atoms. The maximum absolute atomic E-state index is 5.93. The molecule has 0 saturated carbocycles. The van der Waals surface area contributed by atoms with Gasteiger partial charge in [-0.3, -0.25) is 0 Å². The molecule has 0 aliphatic carbocycles. The van der Waals surface area contributed by atoms with Crippen molar-refractivity contribution in [3.05, 3.63) is 0 Å². The average Bonchev–Trinajstić information content (AvgIpc) is 1.60. The molecule has 0 aromatic rings. The van der Waals surface area contributed by atoms with Gasteiger partial charge in [-0.2, -0.15) is 0 Å². The predicted octanol–water partition coefficient (Wildman–Crippen LogP) is 0.968. The van der Waals surface area contributed by atoms with Gasteiger partial charge in [-0.25, -0.2) is 0 Å². The zero-order valence-corrected chi connectivity index (χ0v) is 7.73. The summed E-state index contributed by atoms with van der Waals surface area (Å²) in [5.41, 5.74) is 5.81. The van der Waals surface area contributed by atoms with Gasteiger partial charge < -0.3 is 11.1 Å². The van der Waals surface area contributed by atoms with Gasteiger partial charge in [0.15, 0.2) is 0 Å². The van der Waals surface area contributed by atoms with Crippen LogP contribution in [0, 0.1) is 5.92 Å². The van der Waals surface area contributed by atoms with E-state index in [0.717, 1.165) is 0 Å². The number of rotatable bonds is 3. The molecule has 0 aliphatic heterocycles. The van der Waals surface area contributed by atoms with Crippen molar-refractivity contribution in [2.45, 2.75) is 39.3 Å². The minimum atomic E-state index is -0.122. The van der Waals surface area contributed by atoms with Crippen LogP contribution >= 0.6 is 0 Å². The molecule has 0 radical (unpaired) electrons. The van der Waals surface area contributed by atoms with E-state index < -0.39 is 0 Å². The molecular weight excluding hydrogens is 124 g/mol. The van der Waals surface area contributed by atoms with Gasteiger partial charge in [0.05, 0.1) is 0 Å². The van der Waals surface area contributed by atoms with Crippen molar-refractivity contribution in [2.75, 3.05) is 7.05 Å². The molecule has 0 saturated heterocycles. The lowest BCUT2D eigenvalue weighted by Gasteiger charge is -2.33. The number of nitrogens with one attached hydrogen (secondary N) is 1. The lowest BCUT2D eigenvalue weighted by Crippen LogP contribution is -2.54. The average molecular weight is 144 g/mol. The number of likely N-dealkylation sites (N-methyl/N-ethyl adjacent to an activating group) is 1. The van der Waals surface area contributed by atoms with Crippen LogP contribution in [0.15, 0.2) is 0 Å². The zero-order valence-electron chi connectivity index (χ0n) is 7.73. The Morgan fingerprint density at radius 3 is 1.70 bits per heavy atom. The third-order valence-corrected chi connectivity index (χ3v) is 1.78. The van der Waals surface area contributed by atoms with Crippen LogP contribution in [-0.4, -0.2) is 18.6 Å². The van der Waals surface area contributed by atoms with E-state index in [1.165, 1.54) is 0 Å². The summed E-state index contributed by atoms with van der Waals surface area (Å²) in [4.78, 5) is 0. The first-order valence-corrected chi connectivity index (χ1v) is 3.85. The first kappa shape index (κ1) is 9.92. The van der Waals surface area contributed by atoms with Gasteiger partial charge in [0.25, 0.3) is 0 Å². The molecular formula is C8H20N2. The van der Waals surface area contributed by atoms with E-state index in [4.69, 9.17) is 5.73 Å². The van der Waals surface area contributed by atoms with Crippen LogP contribution in [0.25, 0.3) is 0 Å². The van der Waals surface area contributed by atoms with Crippen molar-refractivity contribution in [2.24, 2.45) is 11.7 Å². The highest BCUT2D eigenvalue weighted by Crippen LogP contribution is 2.12. The lowest BCUT2D eigenvalue weighted by molar-refractivity contribution is 0.288. The lowest BCUT2D eigenvalue weighted by atomic mass is 9.87. The van der Waals surface area contributed by atoms with Gasteiger partial charge >= 0.3 is 0 Å². The second-order valence-corrected chi connectivity index (χ2v) is 3.83. The van der Waals surface area contributed by atoms with Gasteiger partial charge in [0, 0.05) is 11.6 Å². The summed E-state index contributed by atoms with van der Waals surface area (Å²) in [6, 6.07) is 0.396. The molecule has 0 bridgehead atoms. The monoisotopic (exact) mass is 144 g/mol. The summed E-state index contributed by atoms with van der Waals surface area (Å²) in [6.07, 6.45) is 0. The van der Waals surface area contributed by atoms with Crippen LogP contribution in [0.1, 0.15) is 27.7 Å². The van der Waals surface area contributed by atoms with Crippen LogP contribution in [0.5, 0.6) is 0 Å². The second kappa shape index (κ2) is 3.35. The quantitative estimate of drug-likeness (QED) is 0.619. The molecule has 0 spiro atoms. The van der Waals surface area contributed by atoms with Crippen LogP contribution in [0.4, 0.5) is 0 Å². The SMILES string of the molecule is CNC(C(C)C)C(C)(C)N. The van der Waals surface area contributed by atoms with Crippen molar-refractivity contribution >= 4 is 0 Å². The van der Waals surface area contributed by atoms with Crippen LogP contribution in [0.2, 0.25) is 0 Å². The highest BCUT2D eigenvalue weighted by atomic mass is 15.0. The molecule has 0 fully saturated rings. The molecule has 0 rings (SSSR count). The van der Waals surface area contributed by atoms with Crippen LogP contribution < -0.4 is 11.1 Å². The Kier molecular flexibility index (Phi) is 3.33. The van der Waals surface area contributed by atoms with Gasteiger partial charge in [0.1, 0.15) is 0 Å². The van der Waals surface area contributed by atoms with Gasteiger partial charge in [0.2, 0.25) is 0 Å². The zero-order chi connectivity index (χ0) is 8.36. The molecule has 0 aromatic heterocycles. The molecule has 1 unspecified atom stereocenters. The van der Waals surface area contributed by atoms with Crippen molar-refractivity contribution in [1.29, 1.82) is 0 Å². The van der Waals surface area contributed by atoms with Gasteiger partial charge in [-0.15, -0.1) is 0 Å². The maximum Gasteiger partial charge on any atom is 0.0262 e. The second-order valence-electron chi connectivity index (χ2n) is 3.83. The highest BCUT2D eigenvalue weighted by molar-refractivity contribution is 4.88. The first-order chi connectivity index (χ1) is 4.39. The normalized spacial score (nSPS) is 15.9. The van der Waals surface area contributed by atoms with E-state index in [2.05, 4.69) is 19.2 Å². The van der Waals surface area contributed by atoms with E-state index in [-0.39, 0.29) is 5.54 Å². The summed E-state index contributed by atoms with van der Waals surface area (Å²) in [5, 5.41) is 3.22. The van der Waals surface area contributed by atoms with E-state index in [1.54, 1.807) is 0 Å². The standard InChI is InChI=1S/C8H20N2/c1-6(2)7(10-5)8(3,4)9/h6-7,10H,9H2,1-5H3. The molecule has 0 aromatic carbocycles. The van der Waals surface area contributed by atoms with Crippen molar-refractivity contribution < 1.29 is 0 Å². The predicted molar refractivity (Wildman–Crippen MR) is 46.0 cm³/mol. The molecule has 2 nitrogen and oxygen atoms in total. The number of hydrogen-bond donors (Lipinski definition) is 2. The van der Waals surface area contributed by atoms with Crippen molar-refractivity contribution in [3.63, 3.8) is 0 Å². The van der Waals surface area contributed by atoms with E-state index in [1.807, 2.05) is 20.9 Å². The van der Waals surface area contributed by atoms with E-state index >= 15 is 0 Å². The Bertz CT molecular complexity index is 91.9. The molecule has 1 atom stereocenters. The maximum atomic E-state index is 5.93. The molecule has 2 heteroatoms. The fraction of sp³-hybridized carbons (Fsp3) is 1.00. The Morgan fingerprint density at radius 2 is 1.70 bits per heavy atom. The highest BCUT2D eigenvalue weighted by Gasteiger charge is 2.25. The summed E-state index contributed by atoms with van der Waals surface area (Å²) < 4.78 is 0. The van der Waals surface area contributed by atoms with Gasteiger partial charge in [-0.1, -0.05) is 13.8 Å². The van der Waals surface area contributed by atoms with Crippen LogP contribution in [0.3, 0.4) is 0 Å². The molecule has 0 heterocycles. The minimum Gasteiger partial charge on any atom is -0.324 e. The van der Waals surface area contributed by atoms with Crippen LogP contribution in [-0.2, 0) is 0 Å². The molecule has 3 N–H and O–H groups in total. The Balaban J connectivity index is 4.07. The number of nitrogens with two attached hydrogens (primary N) is 1. The number of hydrogen-bond acceptors (Lipinski definition) is 2. The van der Waals surface area contributed by atoms with Crippen molar-refractivity contribution in [1.82, 2.24) is 5.32 Å². The summed E-state index contributed by atoms with van der Waals surface area (Å²) in [6.45, 7) is 8.45. The summed E-state index contributed by atoms with van der Waals surface area (Å²) in [7, 11) is 1.96. The third kappa shape index (κ3) is 2.67. The largest absolute Gasteiger partial charge is 0.324 e. The summed E-state index contributed by atoms with van der Waals surface area (Å²) in [5.74, 6) is 0.588. The smallest absolute Gasteiger partial charge is 0.0262 e. The first-order valence-electron chi connectivity index (χ1n) is 3.85. The Labute approximate surface area is 64.2 Å². The Hall–Kier alpha value is -0.0800. The molecule has 0 amide bonds. The molecule has 0 aliphatic rings. The topological polar surface area (TPSA) is 38.0 Å². The third-order valence-electron chi connectivity index (χ3n) is 1.78. The van der Waals surface area contributed by atoms with E-state index in [9.17, 15) is 0 Å². The fourth-order valence-corrected chi connectivity index (χ4v) is 1.56. The Morgan fingerprint density at radius 1 is 1.30 bits per heavy atom. The van der Waals surface area contributed by atoms with Crippen molar-refractivity contribution in [3.8, 4) is 0 Å². The molecule has 62 valence electrons. The summed E-state index contributed by atoms with van der Waals surface area (Å²) >= 11 is 0. The van der Waals surface area contributed by atoms with E-state index in [0.29, 0.717) is 12.0 Å². The fourth-order valence-electron chi connectivity index (χ4n) is 1.56.